The van der Waals surface area contributed by atoms with Crippen LogP contribution in [0.3, 0.4) is 0 Å². The minimum atomic E-state index is -1.01. The second-order valence-electron chi connectivity index (χ2n) is 3.36. The van der Waals surface area contributed by atoms with Gasteiger partial charge in [-0.25, -0.2) is 9.78 Å². The van der Waals surface area contributed by atoms with E-state index in [1.165, 1.54) is 6.20 Å². The Labute approximate surface area is 96.9 Å². The zero-order valence-electron chi connectivity index (χ0n) is 8.27. The largest absolute Gasteiger partial charge is 0.477 e. The third kappa shape index (κ3) is 2.41. The van der Waals surface area contributed by atoms with Crippen LogP contribution in [0.15, 0.2) is 30.5 Å². The second kappa shape index (κ2) is 4.37. The number of hydrogen-bond acceptors (Lipinski definition) is 2. The number of carboxylic acids is 1. The van der Waals surface area contributed by atoms with Crippen molar-refractivity contribution in [1.29, 1.82) is 0 Å². The Bertz CT molecular complexity index is 522. The van der Waals surface area contributed by atoms with Gasteiger partial charge in [0, 0.05) is 11.4 Å². The normalized spacial score (nSPS) is 10.3. The molecule has 0 aliphatic heterocycles. The van der Waals surface area contributed by atoms with Crippen LogP contribution in [0, 0.1) is 0 Å². The van der Waals surface area contributed by atoms with Crippen molar-refractivity contribution < 1.29 is 9.90 Å². The fourth-order valence-corrected chi connectivity index (χ4v) is 1.61. The number of imidazole rings is 1. The van der Waals surface area contributed by atoms with Gasteiger partial charge in [-0.2, -0.15) is 0 Å². The minimum absolute atomic E-state index is 0.0945. The average Bonchev–Trinajstić information content (AvgIpc) is 2.66. The predicted molar refractivity (Wildman–Crippen MR) is 59.8 cm³/mol. The Hall–Kier alpha value is -1.81. The van der Waals surface area contributed by atoms with Crippen molar-refractivity contribution in [1.82, 2.24) is 9.97 Å². The van der Waals surface area contributed by atoms with E-state index < -0.39 is 5.97 Å². The van der Waals surface area contributed by atoms with Crippen molar-refractivity contribution in [3.8, 4) is 0 Å². The number of benzene rings is 1. The maximum Gasteiger partial charge on any atom is 0.353 e. The van der Waals surface area contributed by atoms with Crippen molar-refractivity contribution in [2.45, 2.75) is 6.42 Å². The van der Waals surface area contributed by atoms with Crippen molar-refractivity contribution in [3.63, 3.8) is 0 Å². The number of nitrogens with zero attached hydrogens (tertiary/aromatic N) is 1. The van der Waals surface area contributed by atoms with Gasteiger partial charge in [0.2, 0.25) is 0 Å². The molecule has 0 fully saturated rings. The third-order valence-electron chi connectivity index (χ3n) is 2.12. The zero-order valence-corrected chi connectivity index (χ0v) is 9.03. The van der Waals surface area contributed by atoms with Crippen LogP contribution in [0.1, 0.15) is 21.9 Å². The summed E-state index contributed by atoms with van der Waals surface area (Å²) in [7, 11) is 0. The van der Waals surface area contributed by atoms with Crippen molar-refractivity contribution in [3.05, 3.63) is 52.6 Å². The fraction of sp³-hybridized carbons (Fsp3) is 0.0909. The summed E-state index contributed by atoms with van der Waals surface area (Å²) in [6.45, 7) is 0. The van der Waals surface area contributed by atoms with Gasteiger partial charge in [0.05, 0.1) is 6.20 Å². The first kappa shape index (κ1) is 10.7. The molecule has 82 valence electrons. The van der Waals surface area contributed by atoms with Crippen LogP contribution in [-0.4, -0.2) is 21.0 Å². The summed E-state index contributed by atoms with van der Waals surface area (Å²) in [6, 6.07) is 7.37. The quantitative estimate of drug-likeness (QED) is 0.860. The molecule has 5 heteroatoms. The highest BCUT2D eigenvalue weighted by Crippen LogP contribution is 2.13. The van der Waals surface area contributed by atoms with Crippen LogP contribution in [-0.2, 0) is 6.42 Å². The summed E-state index contributed by atoms with van der Waals surface area (Å²) in [5, 5.41) is 9.37. The molecule has 1 aromatic heterocycles. The van der Waals surface area contributed by atoms with Crippen LogP contribution in [0.5, 0.6) is 0 Å². The Balaban J connectivity index is 2.17. The van der Waals surface area contributed by atoms with E-state index in [-0.39, 0.29) is 5.69 Å². The number of H-pyrrole nitrogens is 1. The standard InChI is InChI=1S/C11H9ClN2O2/c12-8-3-1-2-7(4-8)5-10-13-6-9(14-10)11(15)16/h1-4,6H,5H2,(H,13,14)(H,15,16). The van der Waals surface area contributed by atoms with E-state index >= 15 is 0 Å². The zero-order chi connectivity index (χ0) is 11.5. The molecule has 2 aromatic rings. The lowest BCUT2D eigenvalue weighted by Crippen LogP contribution is -1.97. The summed E-state index contributed by atoms with van der Waals surface area (Å²) in [4.78, 5) is 17.3. The summed E-state index contributed by atoms with van der Waals surface area (Å²) in [5.41, 5.74) is 1.08. The van der Waals surface area contributed by atoms with Crippen LogP contribution < -0.4 is 0 Å². The van der Waals surface area contributed by atoms with E-state index in [1.807, 2.05) is 18.2 Å². The molecule has 4 nitrogen and oxygen atoms in total. The first-order valence-electron chi connectivity index (χ1n) is 4.67. The topological polar surface area (TPSA) is 66.0 Å². The summed E-state index contributed by atoms with van der Waals surface area (Å²) >= 11 is 5.84. The highest BCUT2D eigenvalue weighted by molar-refractivity contribution is 6.30. The number of hydrogen-bond donors (Lipinski definition) is 2. The van der Waals surface area contributed by atoms with Gasteiger partial charge in [-0.1, -0.05) is 23.7 Å². The first-order valence-corrected chi connectivity index (χ1v) is 5.04. The highest BCUT2D eigenvalue weighted by Gasteiger charge is 2.07. The van der Waals surface area contributed by atoms with E-state index in [4.69, 9.17) is 16.7 Å². The number of aromatic carboxylic acids is 1. The smallest absolute Gasteiger partial charge is 0.353 e. The molecule has 0 amide bonds. The molecule has 0 aliphatic rings. The summed E-state index contributed by atoms with van der Waals surface area (Å²) in [5.74, 6) is -0.399. The van der Waals surface area contributed by atoms with Crippen LogP contribution in [0.2, 0.25) is 5.02 Å². The molecular formula is C11H9ClN2O2. The van der Waals surface area contributed by atoms with E-state index in [1.54, 1.807) is 6.07 Å². The molecule has 0 saturated carbocycles. The molecule has 0 saturated heterocycles. The lowest BCUT2D eigenvalue weighted by molar-refractivity contribution is 0.0691. The van der Waals surface area contributed by atoms with Crippen molar-refractivity contribution in [2.24, 2.45) is 0 Å². The van der Waals surface area contributed by atoms with Gasteiger partial charge in [0.25, 0.3) is 0 Å². The molecule has 0 radical (unpaired) electrons. The number of aromatic nitrogens is 2. The fourth-order valence-electron chi connectivity index (χ4n) is 1.40. The second-order valence-corrected chi connectivity index (χ2v) is 3.79. The number of nitrogens with one attached hydrogen (secondary N) is 1. The molecule has 0 aliphatic carbocycles. The average molecular weight is 237 g/mol. The van der Waals surface area contributed by atoms with Crippen molar-refractivity contribution >= 4 is 17.6 Å². The number of carbonyl (C=O) groups is 1. The number of carboxylic acid groups (broad SMARTS) is 1. The van der Waals surface area contributed by atoms with Gasteiger partial charge in [0.15, 0.2) is 0 Å². The molecule has 16 heavy (non-hydrogen) atoms. The monoisotopic (exact) mass is 236 g/mol. The SMILES string of the molecule is O=C(O)c1cnc(Cc2cccc(Cl)c2)[nH]1. The Morgan fingerprint density at radius 1 is 1.50 bits per heavy atom. The Morgan fingerprint density at radius 3 is 2.94 bits per heavy atom. The van der Waals surface area contributed by atoms with E-state index in [0.29, 0.717) is 17.3 Å². The Kier molecular flexibility index (Phi) is 2.92. The maximum absolute atomic E-state index is 10.6. The number of rotatable bonds is 3. The number of aromatic amines is 1. The summed E-state index contributed by atoms with van der Waals surface area (Å²) < 4.78 is 0. The van der Waals surface area contributed by atoms with Gasteiger partial charge in [-0.15, -0.1) is 0 Å². The van der Waals surface area contributed by atoms with Crippen molar-refractivity contribution in [2.75, 3.05) is 0 Å². The summed E-state index contributed by atoms with van der Waals surface area (Å²) in [6.07, 6.45) is 1.84. The van der Waals surface area contributed by atoms with E-state index in [0.717, 1.165) is 5.56 Å². The van der Waals surface area contributed by atoms with Gasteiger partial charge in [-0.05, 0) is 17.7 Å². The molecule has 0 unspecified atom stereocenters. The molecule has 2 rings (SSSR count). The third-order valence-corrected chi connectivity index (χ3v) is 2.35. The molecule has 0 bridgehead atoms. The van der Waals surface area contributed by atoms with Gasteiger partial charge >= 0.3 is 5.97 Å². The first-order chi connectivity index (χ1) is 7.65. The van der Waals surface area contributed by atoms with Gasteiger partial charge in [-0.3, -0.25) is 0 Å². The van der Waals surface area contributed by atoms with Crippen LogP contribution in [0.25, 0.3) is 0 Å². The number of halogens is 1. The highest BCUT2D eigenvalue weighted by atomic mass is 35.5. The molecular weight excluding hydrogens is 228 g/mol. The van der Waals surface area contributed by atoms with Crippen LogP contribution >= 0.6 is 11.6 Å². The molecule has 0 spiro atoms. The lowest BCUT2D eigenvalue weighted by Gasteiger charge is -1.98. The van der Waals surface area contributed by atoms with E-state index in [2.05, 4.69) is 9.97 Å². The molecule has 2 N–H and O–H groups in total. The van der Waals surface area contributed by atoms with Crippen LogP contribution in [0.4, 0.5) is 0 Å². The molecule has 0 atom stereocenters. The lowest BCUT2D eigenvalue weighted by atomic mass is 10.1. The maximum atomic E-state index is 10.6. The predicted octanol–water partition coefficient (Wildman–Crippen LogP) is 2.35. The minimum Gasteiger partial charge on any atom is -0.477 e. The van der Waals surface area contributed by atoms with Gasteiger partial charge in [0.1, 0.15) is 11.5 Å². The van der Waals surface area contributed by atoms with E-state index in [9.17, 15) is 4.79 Å². The Morgan fingerprint density at radius 2 is 2.31 bits per heavy atom. The van der Waals surface area contributed by atoms with Gasteiger partial charge < -0.3 is 10.1 Å². The molecule has 1 heterocycles. The molecule has 1 aromatic carbocycles.